The summed E-state index contributed by atoms with van der Waals surface area (Å²) in [6, 6.07) is 1.72. The summed E-state index contributed by atoms with van der Waals surface area (Å²) in [5.41, 5.74) is 5.53. The number of piperidine rings is 1. The Hall–Kier alpha value is -1.11. The quantitative estimate of drug-likeness (QED) is 0.768. The number of amides is 2. The fourth-order valence-corrected chi connectivity index (χ4v) is 2.62. The molecular weight excluding hydrogens is 274 g/mol. The van der Waals surface area contributed by atoms with Crippen molar-refractivity contribution in [3.63, 3.8) is 0 Å². The number of primary amides is 1. The van der Waals surface area contributed by atoms with Crippen LogP contribution in [-0.2, 0) is 0 Å². The van der Waals surface area contributed by atoms with Gasteiger partial charge in [-0.05, 0) is 25.5 Å². The molecule has 1 unspecified atom stereocenters. The largest absolute Gasteiger partial charge is 0.366 e. The second-order valence-corrected chi connectivity index (χ2v) is 4.99. The van der Waals surface area contributed by atoms with Gasteiger partial charge in [-0.25, -0.2) is 0 Å². The molecule has 2 amide bonds. The smallest absolute Gasteiger partial charge is 0.261 e. The maximum atomic E-state index is 11.9. The van der Waals surface area contributed by atoms with Crippen LogP contribution >= 0.6 is 23.7 Å². The predicted molar refractivity (Wildman–Crippen MR) is 73.4 cm³/mol. The molecule has 5 nitrogen and oxygen atoms in total. The second kappa shape index (κ2) is 6.72. The van der Waals surface area contributed by atoms with Crippen molar-refractivity contribution in [2.24, 2.45) is 5.73 Å². The number of halogens is 1. The monoisotopic (exact) mass is 289 g/mol. The van der Waals surface area contributed by atoms with E-state index in [0.717, 1.165) is 25.9 Å². The van der Waals surface area contributed by atoms with Gasteiger partial charge in [0.25, 0.3) is 5.91 Å². The first-order chi connectivity index (χ1) is 8.16. The minimum absolute atomic E-state index is 0. The highest BCUT2D eigenvalue weighted by Crippen LogP contribution is 2.14. The minimum Gasteiger partial charge on any atom is -0.366 e. The van der Waals surface area contributed by atoms with E-state index in [0.29, 0.717) is 10.4 Å². The average Bonchev–Trinajstić information content (AvgIpc) is 2.79. The van der Waals surface area contributed by atoms with Crippen molar-refractivity contribution in [2.75, 3.05) is 13.1 Å². The molecule has 0 aromatic carbocycles. The van der Waals surface area contributed by atoms with Crippen LogP contribution in [0.4, 0.5) is 0 Å². The third kappa shape index (κ3) is 3.69. The van der Waals surface area contributed by atoms with Gasteiger partial charge >= 0.3 is 0 Å². The van der Waals surface area contributed by atoms with E-state index in [-0.39, 0.29) is 24.4 Å². The first-order valence-corrected chi connectivity index (χ1v) is 6.44. The molecule has 7 heteroatoms. The van der Waals surface area contributed by atoms with Crippen molar-refractivity contribution in [2.45, 2.75) is 18.9 Å². The summed E-state index contributed by atoms with van der Waals surface area (Å²) in [6.07, 6.45) is 2.06. The molecule has 1 aliphatic rings. The number of hydrogen-bond acceptors (Lipinski definition) is 4. The molecule has 0 bridgehead atoms. The van der Waals surface area contributed by atoms with E-state index in [9.17, 15) is 9.59 Å². The molecule has 1 fully saturated rings. The van der Waals surface area contributed by atoms with E-state index in [1.807, 2.05) is 0 Å². The summed E-state index contributed by atoms with van der Waals surface area (Å²) >= 11 is 1.24. The first-order valence-electron chi connectivity index (χ1n) is 5.57. The molecule has 2 rings (SSSR count). The first kappa shape index (κ1) is 14.9. The molecule has 0 spiro atoms. The molecule has 1 saturated heterocycles. The zero-order valence-corrected chi connectivity index (χ0v) is 11.4. The highest BCUT2D eigenvalue weighted by molar-refractivity contribution is 7.12. The van der Waals surface area contributed by atoms with Crippen molar-refractivity contribution < 1.29 is 9.59 Å². The second-order valence-electron chi connectivity index (χ2n) is 4.08. The summed E-state index contributed by atoms with van der Waals surface area (Å²) in [5, 5.41) is 7.78. The molecule has 100 valence electrons. The Balaban J connectivity index is 0.00000162. The van der Waals surface area contributed by atoms with Crippen LogP contribution in [0.3, 0.4) is 0 Å². The molecule has 1 aromatic heterocycles. The van der Waals surface area contributed by atoms with Gasteiger partial charge in [0.2, 0.25) is 5.91 Å². The van der Waals surface area contributed by atoms with Crippen LogP contribution in [0.2, 0.25) is 0 Å². The highest BCUT2D eigenvalue weighted by atomic mass is 35.5. The van der Waals surface area contributed by atoms with Crippen molar-refractivity contribution in [1.29, 1.82) is 0 Å². The van der Waals surface area contributed by atoms with Crippen LogP contribution in [-0.4, -0.2) is 30.9 Å². The van der Waals surface area contributed by atoms with Crippen LogP contribution in [0.15, 0.2) is 11.4 Å². The summed E-state index contributed by atoms with van der Waals surface area (Å²) in [4.78, 5) is 23.3. The van der Waals surface area contributed by atoms with E-state index < -0.39 is 5.91 Å². The summed E-state index contributed by atoms with van der Waals surface area (Å²) in [5.74, 6) is -0.629. The van der Waals surface area contributed by atoms with Gasteiger partial charge in [0, 0.05) is 18.0 Å². The third-order valence-electron chi connectivity index (χ3n) is 2.74. The Bertz CT molecular complexity index is 430. The van der Waals surface area contributed by atoms with Crippen LogP contribution in [0.1, 0.15) is 32.9 Å². The fourth-order valence-electron chi connectivity index (χ4n) is 1.82. The molecule has 0 aliphatic carbocycles. The normalized spacial score (nSPS) is 18.8. The molecular formula is C11H16ClN3O2S. The lowest BCUT2D eigenvalue weighted by Crippen LogP contribution is -2.45. The van der Waals surface area contributed by atoms with Gasteiger partial charge in [-0.1, -0.05) is 0 Å². The maximum absolute atomic E-state index is 11.9. The Morgan fingerprint density at radius 3 is 2.83 bits per heavy atom. The van der Waals surface area contributed by atoms with Crippen molar-refractivity contribution >= 4 is 35.6 Å². The standard InChI is InChI=1S/C11H15N3O2S.ClH/c12-10(15)7-4-9(17-6-7)11(16)14-8-2-1-3-13-5-8;/h4,6,8,13H,1-3,5H2,(H2,12,15)(H,14,16);1H. The summed E-state index contributed by atoms with van der Waals surface area (Å²) in [6.45, 7) is 1.82. The summed E-state index contributed by atoms with van der Waals surface area (Å²) in [7, 11) is 0. The molecule has 4 N–H and O–H groups in total. The molecule has 0 radical (unpaired) electrons. The van der Waals surface area contributed by atoms with Gasteiger partial charge in [0.05, 0.1) is 10.4 Å². The molecule has 1 aliphatic heterocycles. The number of carbonyl (C=O) groups is 2. The summed E-state index contributed by atoms with van der Waals surface area (Å²) < 4.78 is 0. The SMILES string of the molecule is Cl.NC(=O)c1csc(C(=O)NC2CCCNC2)c1. The van der Waals surface area contributed by atoms with E-state index in [2.05, 4.69) is 10.6 Å². The average molecular weight is 290 g/mol. The number of carbonyl (C=O) groups excluding carboxylic acids is 2. The van der Waals surface area contributed by atoms with Gasteiger partial charge in [-0.2, -0.15) is 0 Å². The van der Waals surface area contributed by atoms with Crippen molar-refractivity contribution in [1.82, 2.24) is 10.6 Å². The Morgan fingerprint density at radius 2 is 2.28 bits per heavy atom. The van der Waals surface area contributed by atoms with Gasteiger partial charge in [0.15, 0.2) is 0 Å². The zero-order valence-electron chi connectivity index (χ0n) is 9.77. The molecule has 2 heterocycles. The van der Waals surface area contributed by atoms with Crippen LogP contribution in [0.25, 0.3) is 0 Å². The van der Waals surface area contributed by atoms with Crippen molar-refractivity contribution in [3.8, 4) is 0 Å². The Labute approximate surface area is 116 Å². The number of thiophene rings is 1. The van der Waals surface area contributed by atoms with E-state index in [1.165, 1.54) is 11.3 Å². The van der Waals surface area contributed by atoms with Gasteiger partial charge in [0.1, 0.15) is 0 Å². The molecule has 0 saturated carbocycles. The zero-order chi connectivity index (χ0) is 12.3. The fraction of sp³-hybridized carbons (Fsp3) is 0.455. The molecule has 1 aromatic rings. The topological polar surface area (TPSA) is 84.2 Å². The lowest BCUT2D eigenvalue weighted by molar-refractivity contribution is 0.0934. The number of nitrogens with two attached hydrogens (primary N) is 1. The van der Waals surface area contributed by atoms with E-state index in [4.69, 9.17) is 5.73 Å². The van der Waals surface area contributed by atoms with Crippen LogP contribution in [0.5, 0.6) is 0 Å². The Morgan fingerprint density at radius 1 is 1.50 bits per heavy atom. The van der Waals surface area contributed by atoms with Gasteiger partial charge in [-0.15, -0.1) is 23.7 Å². The van der Waals surface area contributed by atoms with Gasteiger partial charge < -0.3 is 16.4 Å². The lowest BCUT2D eigenvalue weighted by atomic mass is 10.1. The number of rotatable bonds is 3. The Kier molecular flexibility index (Phi) is 5.58. The van der Waals surface area contributed by atoms with E-state index in [1.54, 1.807) is 11.4 Å². The maximum Gasteiger partial charge on any atom is 0.261 e. The number of hydrogen-bond donors (Lipinski definition) is 3. The van der Waals surface area contributed by atoms with Crippen molar-refractivity contribution in [3.05, 3.63) is 21.9 Å². The highest BCUT2D eigenvalue weighted by Gasteiger charge is 2.18. The lowest BCUT2D eigenvalue weighted by Gasteiger charge is -2.23. The molecule has 18 heavy (non-hydrogen) atoms. The third-order valence-corrected chi connectivity index (χ3v) is 3.67. The van der Waals surface area contributed by atoms with E-state index >= 15 is 0 Å². The van der Waals surface area contributed by atoms with Crippen LogP contribution in [0, 0.1) is 0 Å². The van der Waals surface area contributed by atoms with Gasteiger partial charge in [-0.3, -0.25) is 9.59 Å². The number of nitrogens with one attached hydrogen (secondary N) is 2. The minimum atomic E-state index is -0.500. The predicted octanol–water partition coefficient (Wildman–Crippen LogP) is 0.751. The van der Waals surface area contributed by atoms with Crippen LogP contribution < -0.4 is 16.4 Å². The molecule has 1 atom stereocenters.